The second kappa shape index (κ2) is 10.8. The van der Waals surface area contributed by atoms with E-state index in [1.54, 1.807) is 18.3 Å². The number of pyridine rings is 1. The number of aromatic nitrogens is 1. The van der Waals surface area contributed by atoms with Crippen molar-refractivity contribution in [1.29, 1.82) is 0 Å². The first-order valence-corrected chi connectivity index (χ1v) is 11.2. The fraction of sp³-hybridized carbons (Fsp3) is 0.308. The van der Waals surface area contributed by atoms with Crippen LogP contribution in [0.5, 0.6) is 5.75 Å². The first kappa shape index (κ1) is 22.6. The number of nitrogens with zero attached hydrogens (tertiary/aromatic N) is 4. The summed E-state index contributed by atoms with van der Waals surface area (Å²) in [5.41, 5.74) is 3.26. The maximum atomic E-state index is 12.4. The van der Waals surface area contributed by atoms with Gasteiger partial charge in [0.2, 0.25) is 0 Å². The number of methoxy groups -OCH3 is 1. The lowest BCUT2D eigenvalue weighted by Gasteiger charge is -2.37. The van der Waals surface area contributed by atoms with Gasteiger partial charge in [-0.05, 0) is 42.5 Å². The number of carbonyl (C=O) groups excluding carboxylic acids is 1. The summed E-state index contributed by atoms with van der Waals surface area (Å²) in [6.45, 7) is 6.05. The zero-order valence-corrected chi connectivity index (χ0v) is 18.9. The van der Waals surface area contributed by atoms with Crippen LogP contribution in [0.3, 0.4) is 0 Å². The number of anilines is 2. The number of carbonyl (C=O) groups is 1. The molecule has 0 atom stereocenters. The third kappa shape index (κ3) is 5.81. The van der Waals surface area contributed by atoms with Gasteiger partial charge >= 0.3 is 5.97 Å². The van der Waals surface area contributed by atoms with Crippen LogP contribution >= 0.6 is 0 Å². The highest BCUT2D eigenvalue weighted by molar-refractivity contribution is 5.96. The second-order valence-corrected chi connectivity index (χ2v) is 8.10. The predicted octanol–water partition coefficient (Wildman–Crippen LogP) is 3.40. The Morgan fingerprint density at radius 2 is 1.79 bits per heavy atom. The molecule has 4 rings (SSSR count). The van der Waals surface area contributed by atoms with E-state index >= 15 is 0 Å². The highest BCUT2D eigenvalue weighted by Crippen LogP contribution is 2.27. The van der Waals surface area contributed by atoms with E-state index in [0.717, 1.165) is 50.6 Å². The van der Waals surface area contributed by atoms with Gasteiger partial charge in [0.15, 0.2) is 0 Å². The van der Waals surface area contributed by atoms with Crippen molar-refractivity contribution < 1.29 is 14.6 Å². The molecule has 7 nitrogen and oxygen atoms in total. The number of phenolic OH excluding ortho intramolecular Hbond substituents is 1. The molecule has 0 saturated carbocycles. The monoisotopic (exact) mass is 446 g/mol. The van der Waals surface area contributed by atoms with Crippen LogP contribution < -0.4 is 9.80 Å². The minimum atomic E-state index is -0.469. The topological polar surface area (TPSA) is 69.1 Å². The fourth-order valence-corrected chi connectivity index (χ4v) is 4.18. The van der Waals surface area contributed by atoms with E-state index in [0.29, 0.717) is 12.1 Å². The predicted molar refractivity (Wildman–Crippen MR) is 130 cm³/mol. The molecule has 3 aromatic rings. The molecule has 0 aliphatic carbocycles. The number of piperazine rings is 1. The van der Waals surface area contributed by atoms with E-state index in [2.05, 4.69) is 43.9 Å². The third-order valence-electron chi connectivity index (χ3n) is 5.98. The number of para-hydroxylation sites is 1. The number of hydrogen-bond acceptors (Lipinski definition) is 7. The first-order chi connectivity index (χ1) is 16.1. The van der Waals surface area contributed by atoms with Crippen LogP contribution in [0.4, 0.5) is 11.4 Å². The van der Waals surface area contributed by atoms with Gasteiger partial charge in [0.05, 0.1) is 30.6 Å². The van der Waals surface area contributed by atoms with Crippen LogP contribution in [0.25, 0.3) is 0 Å². The molecule has 1 N–H and O–H groups in total. The fourth-order valence-electron chi connectivity index (χ4n) is 4.18. The number of ether oxygens (including phenoxy) is 1. The Hall–Kier alpha value is -3.58. The highest BCUT2D eigenvalue weighted by atomic mass is 16.5. The van der Waals surface area contributed by atoms with Gasteiger partial charge in [-0.1, -0.05) is 24.3 Å². The van der Waals surface area contributed by atoms with E-state index in [4.69, 9.17) is 4.74 Å². The molecule has 1 fully saturated rings. The van der Waals surface area contributed by atoms with Crippen molar-refractivity contribution in [1.82, 2.24) is 9.88 Å². The van der Waals surface area contributed by atoms with Gasteiger partial charge < -0.3 is 19.6 Å². The SMILES string of the molecule is COC(=O)c1cc(O)ccc1N(CCN1CCN(c2ccccc2)CC1)Cc1ccccn1. The molecule has 0 amide bonds. The number of phenols is 1. The second-order valence-electron chi connectivity index (χ2n) is 8.10. The maximum absolute atomic E-state index is 12.4. The molecule has 0 bridgehead atoms. The minimum absolute atomic E-state index is 0.0361. The van der Waals surface area contributed by atoms with Crippen LogP contribution in [-0.2, 0) is 11.3 Å². The minimum Gasteiger partial charge on any atom is -0.508 e. The molecule has 0 unspecified atom stereocenters. The van der Waals surface area contributed by atoms with Crippen molar-refractivity contribution in [2.24, 2.45) is 0 Å². The molecule has 0 radical (unpaired) electrons. The van der Waals surface area contributed by atoms with E-state index in [9.17, 15) is 9.90 Å². The van der Waals surface area contributed by atoms with Crippen LogP contribution in [0.15, 0.2) is 72.9 Å². The molecular weight excluding hydrogens is 416 g/mol. The molecule has 1 saturated heterocycles. The number of rotatable bonds is 8. The number of esters is 1. The Labute approximate surface area is 194 Å². The Morgan fingerprint density at radius 1 is 1.03 bits per heavy atom. The van der Waals surface area contributed by atoms with E-state index in [1.807, 2.05) is 24.3 Å². The third-order valence-corrected chi connectivity index (χ3v) is 5.98. The quantitative estimate of drug-likeness (QED) is 0.532. The average Bonchev–Trinajstić information content (AvgIpc) is 2.87. The van der Waals surface area contributed by atoms with Gasteiger partial charge in [-0.25, -0.2) is 4.79 Å². The Morgan fingerprint density at radius 3 is 2.48 bits per heavy atom. The van der Waals surface area contributed by atoms with Crippen LogP contribution in [0.2, 0.25) is 0 Å². The van der Waals surface area contributed by atoms with Crippen molar-refractivity contribution in [3.05, 3.63) is 84.2 Å². The van der Waals surface area contributed by atoms with Gasteiger partial charge in [0.25, 0.3) is 0 Å². The highest BCUT2D eigenvalue weighted by Gasteiger charge is 2.21. The lowest BCUT2D eigenvalue weighted by atomic mass is 10.1. The van der Waals surface area contributed by atoms with Gasteiger partial charge in [-0.15, -0.1) is 0 Å². The largest absolute Gasteiger partial charge is 0.508 e. The van der Waals surface area contributed by atoms with Crippen LogP contribution in [0.1, 0.15) is 16.1 Å². The van der Waals surface area contributed by atoms with Gasteiger partial charge in [0.1, 0.15) is 5.75 Å². The van der Waals surface area contributed by atoms with Crippen molar-refractivity contribution in [2.75, 3.05) is 56.2 Å². The summed E-state index contributed by atoms with van der Waals surface area (Å²) in [6, 6.07) is 21.2. The van der Waals surface area contributed by atoms with Crippen molar-refractivity contribution in [3.63, 3.8) is 0 Å². The van der Waals surface area contributed by atoms with Crippen molar-refractivity contribution in [3.8, 4) is 5.75 Å². The molecule has 1 aromatic heterocycles. The first-order valence-electron chi connectivity index (χ1n) is 11.2. The molecule has 1 aliphatic rings. The molecule has 7 heteroatoms. The standard InChI is InChI=1S/C26H30N4O3/c1-33-26(32)24-19-23(31)10-11-25(24)30(20-21-7-5-6-12-27-21)18-15-28-13-16-29(17-14-28)22-8-3-2-4-9-22/h2-12,19,31H,13-18,20H2,1H3. The van der Waals surface area contributed by atoms with Crippen LogP contribution in [0, 0.1) is 0 Å². The average molecular weight is 447 g/mol. The lowest BCUT2D eigenvalue weighted by molar-refractivity contribution is 0.0601. The Kier molecular flexibility index (Phi) is 7.42. The van der Waals surface area contributed by atoms with Crippen molar-refractivity contribution in [2.45, 2.75) is 6.54 Å². The summed E-state index contributed by atoms with van der Waals surface area (Å²) < 4.78 is 4.97. The Bertz CT molecular complexity index is 1040. The summed E-state index contributed by atoms with van der Waals surface area (Å²) in [4.78, 5) is 23.9. The normalized spacial score (nSPS) is 14.2. The summed E-state index contributed by atoms with van der Waals surface area (Å²) in [5, 5.41) is 9.95. The van der Waals surface area contributed by atoms with E-state index in [-0.39, 0.29) is 5.75 Å². The van der Waals surface area contributed by atoms with E-state index < -0.39 is 5.97 Å². The summed E-state index contributed by atoms with van der Waals surface area (Å²) in [7, 11) is 1.35. The lowest BCUT2D eigenvalue weighted by Crippen LogP contribution is -2.48. The molecule has 172 valence electrons. The number of hydrogen-bond donors (Lipinski definition) is 1. The maximum Gasteiger partial charge on any atom is 0.340 e. The molecule has 1 aliphatic heterocycles. The summed E-state index contributed by atoms with van der Waals surface area (Å²) >= 11 is 0. The molecular formula is C26H30N4O3. The molecule has 2 heterocycles. The van der Waals surface area contributed by atoms with Crippen molar-refractivity contribution >= 4 is 17.3 Å². The van der Waals surface area contributed by atoms with Gasteiger partial charge in [-0.3, -0.25) is 9.88 Å². The zero-order valence-electron chi connectivity index (χ0n) is 18.9. The van der Waals surface area contributed by atoms with E-state index in [1.165, 1.54) is 18.9 Å². The zero-order chi connectivity index (χ0) is 23.0. The smallest absolute Gasteiger partial charge is 0.340 e. The van der Waals surface area contributed by atoms with Gasteiger partial charge in [-0.2, -0.15) is 0 Å². The van der Waals surface area contributed by atoms with Gasteiger partial charge in [0, 0.05) is 51.2 Å². The Balaban J connectivity index is 1.47. The number of aromatic hydroxyl groups is 1. The van der Waals surface area contributed by atoms with Crippen LogP contribution in [-0.4, -0.2) is 67.3 Å². The summed E-state index contributed by atoms with van der Waals surface area (Å²) in [6.07, 6.45) is 1.77. The molecule has 2 aromatic carbocycles. The molecule has 33 heavy (non-hydrogen) atoms. The summed E-state index contributed by atoms with van der Waals surface area (Å²) in [5.74, 6) is -0.433. The number of benzene rings is 2. The molecule has 0 spiro atoms.